The van der Waals surface area contributed by atoms with Crippen molar-refractivity contribution in [3.8, 4) is 16.9 Å². The van der Waals surface area contributed by atoms with Crippen molar-refractivity contribution >= 4 is 29.1 Å². The maximum absolute atomic E-state index is 13.3. The predicted octanol–water partition coefficient (Wildman–Crippen LogP) is 5.31. The fourth-order valence-corrected chi connectivity index (χ4v) is 3.19. The molecule has 8 heteroatoms. The zero-order valence-corrected chi connectivity index (χ0v) is 17.0. The summed E-state index contributed by atoms with van der Waals surface area (Å²) in [4.78, 5) is 17.0. The van der Waals surface area contributed by atoms with Crippen molar-refractivity contribution in [3.63, 3.8) is 0 Å². The third-order valence-corrected chi connectivity index (χ3v) is 5.14. The third-order valence-electron chi connectivity index (χ3n) is 4.41. The Morgan fingerprint density at radius 1 is 1.03 bits per heavy atom. The van der Waals surface area contributed by atoms with Gasteiger partial charge in [-0.1, -0.05) is 29.3 Å². The van der Waals surface area contributed by atoms with Gasteiger partial charge in [-0.25, -0.2) is 9.07 Å². The van der Waals surface area contributed by atoms with Gasteiger partial charge in [0, 0.05) is 24.5 Å². The third kappa shape index (κ3) is 4.35. The Morgan fingerprint density at radius 2 is 1.83 bits per heavy atom. The van der Waals surface area contributed by atoms with Gasteiger partial charge in [0.15, 0.2) is 0 Å². The highest BCUT2D eigenvalue weighted by Gasteiger charge is 2.18. The number of pyridine rings is 1. The van der Waals surface area contributed by atoms with Crippen LogP contribution in [0.25, 0.3) is 16.9 Å². The molecule has 4 rings (SSSR count). The summed E-state index contributed by atoms with van der Waals surface area (Å²) in [6, 6.07) is 16.2. The second kappa shape index (κ2) is 8.65. The number of carbonyl (C=O) groups excluding carboxylic acids is 1. The first-order valence-electron chi connectivity index (χ1n) is 9.00. The molecule has 0 aliphatic heterocycles. The fourth-order valence-electron chi connectivity index (χ4n) is 2.89. The Labute approximate surface area is 182 Å². The minimum absolute atomic E-state index is 0.302. The molecule has 0 radical (unpaired) electrons. The van der Waals surface area contributed by atoms with Crippen LogP contribution in [0, 0.1) is 5.82 Å². The highest BCUT2D eigenvalue weighted by Crippen LogP contribution is 2.27. The zero-order valence-electron chi connectivity index (χ0n) is 15.5. The molecule has 30 heavy (non-hydrogen) atoms. The molecule has 0 bridgehead atoms. The van der Waals surface area contributed by atoms with Crippen LogP contribution in [0.15, 0.2) is 73.1 Å². The number of carbonyl (C=O) groups is 1. The van der Waals surface area contributed by atoms with Crippen LogP contribution in [0.3, 0.4) is 0 Å². The standard InChI is InChI=1S/C22H15Cl2FN4O/c23-18-8-7-17(10-19(18)24)29-21(22(30)27-13-14-2-1-9-26-12-14)11-20(28-29)15-3-5-16(25)6-4-15/h1-12H,13H2,(H,27,30). The van der Waals surface area contributed by atoms with E-state index in [1.165, 1.54) is 16.8 Å². The Morgan fingerprint density at radius 3 is 2.53 bits per heavy atom. The van der Waals surface area contributed by atoms with E-state index < -0.39 is 0 Å². The number of hydrogen-bond acceptors (Lipinski definition) is 3. The van der Waals surface area contributed by atoms with Crippen molar-refractivity contribution in [2.75, 3.05) is 0 Å². The second-order valence-corrected chi connectivity index (χ2v) is 7.29. The van der Waals surface area contributed by atoms with Gasteiger partial charge in [0.25, 0.3) is 5.91 Å². The molecule has 2 aromatic heterocycles. The van der Waals surface area contributed by atoms with Crippen LogP contribution in [-0.2, 0) is 6.54 Å². The maximum Gasteiger partial charge on any atom is 0.270 e. The first-order valence-corrected chi connectivity index (χ1v) is 9.75. The van der Waals surface area contributed by atoms with Crippen LogP contribution in [0.1, 0.15) is 16.1 Å². The monoisotopic (exact) mass is 440 g/mol. The smallest absolute Gasteiger partial charge is 0.270 e. The number of nitrogens with one attached hydrogen (secondary N) is 1. The van der Waals surface area contributed by atoms with Gasteiger partial charge in [0.1, 0.15) is 11.5 Å². The van der Waals surface area contributed by atoms with Gasteiger partial charge >= 0.3 is 0 Å². The van der Waals surface area contributed by atoms with E-state index in [0.29, 0.717) is 39.2 Å². The van der Waals surface area contributed by atoms with E-state index in [9.17, 15) is 9.18 Å². The lowest BCUT2D eigenvalue weighted by Gasteiger charge is -2.09. The number of hydrogen-bond donors (Lipinski definition) is 1. The van der Waals surface area contributed by atoms with Crippen molar-refractivity contribution in [3.05, 3.63) is 100 Å². The van der Waals surface area contributed by atoms with Crippen LogP contribution >= 0.6 is 23.2 Å². The molecule has 5 nitrogen and oxygen atoms in total. The highest BCUT2D eigenvalue weighted by atomic mass is 35.5. The minimum atomic E-state index is -0.350. The molecule has 0 atom stereocenters. The van der Waals surface area contributed by atoms with E-state index in [0.717, 1.165) is 5.56 Å². The first kappa shape index (κ1) is 20.1. The molecule has 4 aromatic rings. The molecule has 0 saturated heterocycles. The molecule has 1 amide bonds. The van der Waals surface area contributed by atoms with Crippen LogP contribution < -0.4 is 5.32 Å². The molecule has 0 aliphatic rings. The average molecular weight is 441 g/mol. The summed E-state index contributed by atoms with van der Waals surface area (Å²) in [7, 11) is 0. The van der Waals surface area contributed by atoms with Crippen molar-refractivity contribution in [1.82, 2.24) is 20.1 Å². The van der Waals surface area contributed by atoms with Crippen LogP contribution in [0.5, 0.6) is 0 Å². The van der Waals surface area contributed by atoms with Gasteiger partial charge in [0.05, 0.1) is 21.4 Å². The molecule has 0 unspecified atom stereocenters. The Kier molecular flexibility index (Phi) is 5.79. The zero-order chi connectivity index (χ0) is 21.1. The SMILES string of the molecule is O=C(NCc1cccnc1)c1cc(-c2ccc(F)cc2)nn1-c1ccc(Cl)c(Cl)c1. The number of amides is 1. The van der Waals surface area contributed by atoms with Gasteiger partial charge in [-0.2, -0.15) is 5.10 Å². The van der Waals surface area contributed by atoms with Crippen molar-refractivity contribution in [2.24, 2.45) is 0 Å². The topological polar surface area (TPSA) is 59.8 Å². The van der Waals surface area contributed by atoms with Gasteiger partial charge < -0.3 is 5.32 Å². The first-order chi connectivity index (χ1) is 14.5. The molecule has 1 N–H and O–H groups in total. The number of nitrogens with zero attached hydrogens (tertiary/aromatic N) is 3. The molecule has 0 fully saturated rings. The minimum Gasteiger partial charge on any atom is -0.347 e. The largest absolute Gasteiger partial charge is 0.347 e. The maximum atomic E-state index is 13.3. The van der Waals surface area contributed by atoms with Gasteiger partial charge in [-0.05, 0) is 60.2 Å². The summed E-state index contributed by atoms with van der Waals surface area (Å²) in [5.74, 6) is -0.678. The summed E-state index contributed by atoms with van der Waals surface area (Å²) in [6.07, 6.45) is 3.35. The van der Waals surface area contributed by atoms with Gasteiger partial charge in [-0.3, -0.25) is 9.78 Å². The van der Waals surface area contributed by atoms with Gasteiger partial charge in [0.2, 0.25) is 0 Å². The summed E-state index contributed by atoms with van der Waals surface area (Å²) < 4.78 is 14.8. The van der Waals surface area contributed by atoms with E-state index >= 15 is 0 Å². The molecule has 0 aliphatic carbocycles. The Balaban J connectivity index is 1.71. The number of benzene rings is 2. The van der Waals surface area contributed by atoms with Gasteiger partial charge in [-0.15, -0.1) is 0 Å². The average Bonchev–Trinajstić information content (AvgIpc) is 3.21. The summed E-state index contributed by atoms with van der Waals surface area (Å²) in [5, 5.41) is 8.15. The lowest BCUT2D eigenvalue weighted by atomic mass is 10.1. The molecule has 2 heterocycles. The molecule has 0 spiro atoms. The Hall–Kier alpha value is -3.22. The lowest BCUT2D eigenvalue weighted by Crippen LogP contribution is -2.25. The predicted molar refractivity (Wildman–Crippen MR) is 114 cm³/mol. The van der Waals surface area contributed by atoms with Crippen molar-refractivity contribution < 1.29 is 9.18 Å². The van der Waals surface area contributed by atoms with Crippen LogP contribution in [0.4, 0.5) is 4.39 Å². The molecular formula is C22H15Cl2FN4O. The number of halogens is 3. The second-order valence-electron chi connectivity index (χ2n) is 6.48. The van der Waals surface area contributed by atoms with Crippen LogP contribution in [-0.4, -0.2) is 20.7 Å². The quantitative estimate of drug-likeness (QED) is 0.457. The van der Waals surface area contributed by atoms with Crippen molar-refractivity contribution in [1.29, 1.82) is 0 Å². The van der Waals surface area contributed by atoms with E-state index in [1.54, 1.807) is 54.9 Å². The van der Waals surface area contributed by atoms with E-state index in [4.69, 9.17) is 23.2 Å². The van der Waals surface area contributed by atoms with Crippen molar-refractivity contribution in [2.45, 2.75) is 6.54 Å². The van der Waals surface area contributed by atoms with E-state index in [-0.39, 0.29) is 11.7 Å². The molecular weight excluding hydrogens is 426 g/mol. The molecule has 150 valence electrons. The molecule has 2 aromatic carbocycles. The normalized spacial score (nSPS) is 10.8. The summed E-state index contributed by atoms with van der Waals surface area (Å²) >= 11 is 12.2. The molecule has 0 saturated carbocycles. The number of rotatable bonds is 5. The summed E-state index contributed by atoms with van der Waals surface area (Å²) in [5.41, 5.74) is 2.94. The van der Waals surface area contributed by atoms with E-state index in [2.05, 4.69) is 15.4 Å². The lowest BCUT2D eigenvalue weighted by molar-refractivity contribution is 0.0943. The summed E-state index contributed by atoms with van der Waals surface area (Å²) in [6.45, 7) is 0.311. The number of aromatic nitrogens is 3. The van der Waals surface area contributed by atoms with Crippen LogP contribution in [0.2, 0.25) is 10.0 Å². The fraction of sp³-hybridized carbons (Fsp3) is 0.0455. The van der Waals surface area contributed by atoms with E-state index in [1.807, 2.05) is 6.07 Å². The highest BCUT2D eigenvalue weighted by molar-refractivity contribution is 6.42. The Bertz CT molecular complexity index is 1190.